The Bertz CT molecular complexity index is 2800. The molecule has 0 amide bonds. The second-order valence-corrected chi connectivity index (χ2v) is 13.3. The number of aliphatic hydroxyl groups is 1. The van der Waals surface area contributed by atoms with Gasteiger partial charge in [-0.25, -0.2) is 0 Å². The van der Waals surface area contributed by atoms with Crippen LogP contribution in [0.25, 0.3) is 65.8 Å². The van der Waals surface area contributed by atoms with Crippen molar-refractivity contribution >= 4 is 66.4 Å². The summed E-state index contributed by atoms with van der Waals surface area (Å²) in [7, 11) is 0. The van der Waals surface area contributed by atoms with Crippen LogP contribution in [-0.2, 0) is 0 Å². The first-order valence-corrected chi connectivity index (χ1v) is 17.0. The molecule has 7 aromatic carbocycles. The fourth-order valence-corrected chi connectivity index (χ4v) is 8.13. The minimum absolute atomic E-state index is 0.433. The lowest BCUT2D eigenvalue weighted by Crippen LogP contribution is -2.17. The van der Waals surface area contributed by atoms with E-state index in [1.54, 1.807) is 6.07 Å². The van der Waals surface area contributed by atoms with E-state index < -0.39 is 6.23 Å². The number of aldehydes is 1. The summed E-state index contributed by atoms with van der Waals surface area (Å²) >= 11 is 0. The van der Waals surface area contributed by atoms with E-state index in [1.165, 1.54) is 16.2 Å². The fraction of sp³-hybridized carbons (Fsp3) is 0.0889. The number of aliphatic hydroxyl groups excluding tert-OH is 1. The van der Waals surface area contributed by atoms with Gasteiger partial charge in [-0.2, -0.15) is 0 Å². The SMILES string of the molecule is Cc1cc(C)c(NC(O)c2c(C=O)cccc2-n2c3ccccc3c3c2ccc2c4ccccc4n(-c4ccc5ccccc5c4)c23)c(C)c1. The zero-order valence-corrected chi connectivity index (χ0v) is 28.1. The van der Waals surface area contributed by atoms with Crippen molar-refractivity contribution in [3.8, 4) is 11.4 Å². The number of nitrogens with zero attached hydrogens (tertiary/aromatic N) is 2. The molecule has 0 fully saturated rings. The van der Waals surface area contributed by atoms with Gasteiger partial charge in [-0.15, -0.1) is 0 Å². The second kappa shape index (κ2) is 11.5. The Morgan fingerprint density at radius 3 is 2.06 bits per heavy atom. The number of para-hydroxylation sites is 2. The second-order valence-electron chi connectivity index (χ2n) is 13.3. The van der Waals surface area contributed by atoms with E-state index in [9.17, 15) is 9.90 Å². The number of aromatic nitrogens is 2. The molecule has 2 N–H and O–H groups in total. The molecule has 2 aromatic heterocycles. The van der Waals surface area contributed by atoms with Crippen LogP contribution < -0.4 is 5.32 Å². The van der Waals surface area contributed by atoms with Crippen molar-refractivity contribution in [2.24, 2.45) is 0 Å². The molecule has 0 aliphatic carbocycles. The number of benzene rings is 7. The van der Waals surface area contributed by atoms with Gasteiger partial charge >= 0.3 is 0 Å². The van der Waals surface area contributed by atoms with Gasteiger partial charge in [0.25, 0.3) is 0 Å². The molecule has 5 nitrogen and oxygen atoms in total. The first kappa shape index (κ1) is 29.9. The average molecular weight is 650 g/mol. The molecule has 0 spiro atoms. The zero-order valence-electron chi connectivity index (χ0n) is 28.1. The van der Waals surface area contributed by atoms with Crippen molar-refractivity contribution in [3.05, 3.63) is 161 Å². The van der Waals surface area contributed by atoms with E-state index in [1.807, 2.05) is 32.0 Å². The molecule has 50 heavy (non-hydrogen) atoms. The summed E-state index contributed by atoms with van der Waals surface area (Å²) in [4.78, 5) is 12.6. The molecule has 1 atom stereocenters. The number of hydrogen-bond acceptors (Lipinski definition) is 3. The number of rotatable bonds is 6. The third-order valence-electron chi connectivity index (χ3n) is 10.2. The van der Waals surface area contributed by atoms with Crippen LogP contribution in [0.1, 0.15) is 38.8 Å². The summed E-state index contributed by atoms with van der Waals surface area (Å²) < 4.78 is 4.59. The highest BCUT2D eigenvalue weighted by atomic mass is 16.3. The Balaban J connectivity index is 1.36. The van der Waals surface area contributed by atoms with E-state index in [0.717, 1.165) is 78.3 Å². The zero-order chi connectivity index (χ0) is 34.1. The van der Waals surface area contributed by atoms with E-state index >= 15 is 0 Å². The summed E-state index contributed by atoms with van der Waals surface area (Å²) in [6, 6.07) is 46.4. The molecule has 0 radical (unpaired) electrons. The van der Waals surface area contributed by atoms with Gasteiger partial charge in [-0.1, -0.05) is 103 Å². The van der Waals surface area contributed by atoms with Gasteiger partial charge in [0.2, 0.25) is 0 Å². The number of anilines is 1. The molecule has 0 bridgehead atoms. The van der Waals surface area contributed by atoms with Crippen LogP contribution in [0.4, 0.5) is 5.69 Å². The number of carbonyl (C=O) groups excluding carboxylic acids is 1. The topological polar surface area (TPSA) is 59.2 Å². The van der Waals surface area contributed by atoms with Crippen LogP contribution in [0.5, 0.6) is 0 Å². The molecule has 9 aromatic rings. The monoisotopic (exact) mass is 649 g/mol. The number of nitrogens with one attached hydrogen (secondary N) is 1. The normalized spacial score (nSPS) is 12.4. The predicted molar refractivity (Wildman–Crippen MR) is 207 cm³/mol. The maximum Gasteiger partial charge on any atom is 0.153 e. The van der Waals surface area contributed by atoms with Crippen molar-refractivity contribution < 1.29 is 9.90 Å². The van der Waals surface area contributed by atoms with Crippen LogP contribution >= 0.6 is 0 Å². The van der Waals surface area contributed by atoms with Gasteiger partial charge in [-0.05, 0) is 79.1 Å². The predicted octanol–water partition coefficient (Wildman–Crippen LogP) is 10.9. The largest absolute Gasteiger partial charge is 0.369 e. The molecule has 0 saturated carbocycles. The summed E-state index contributed by atoms with van der Waals surface area (Å²) in [6.07, 6.45) is -0.307. The van der Waals surface area contributed by atoms with E-state index in [2.05, 4.69) is 131 Å². The van der Waals surface area contributed by atoms with Crippen molar-refractivity contribution in [2.75, 3.05) is 5.32 Å². The highest BCUT2D eigenvalue weighted by molar-refractivity contribution is 6.26. The standard InChI is InChI=1S/C45H35N3O2/c1-27-23-28(2)43(29(3)24-27)46-45(50)41-32(26-49)13-10-18-39(41)48-38-17-9-7-15-36(38)42-40(48)22-21-35-34-14-6-8-16-37(34)47(44(35)42)33-20-19-30-11-4-5-12-31(30)25-33/h4-26,45-46,50H,1-3H3. The Morgan fingerprint density at radius 2 is 1.30 bits per heavy atom. The van der Waals surface area contributed by atoms with Crippen LogP contribution in [-0.4, -0.2) is 20.5 Å². The Hall–Kier alpha value is -6.17. The summed E-state index contributed by atoms with van der Waals surface area (Å²) in [5.41, 5.74) is 11.1. The molecule has 0 aliphatic heterocycles. The van der Waals surface area contributed by atoms with Crippen LogP contribution in [0.15, 0.2) is 133 Å². The van der Waals surface area contributed by atoms with Crippen molar-refractivity contribution in [2.45, 2.75) is 27.0 Å². The van der Waals surface area contributed by atoms with Gasteiger partial charge in [0.15, 0.2) is 12.5 Å². The third kappa shape index (κ3) is 4.48. The van der Waals surface area contributed by atoms with Gasteiger partial charge in [-0.3, -0.25) is 4.79 Å². The highest BCUT2D eigenvalue weighted by Gasteiger charge is 2.25. The number of hydrogen-bond donors (Lipinski definition) is 2. The quantitative estimate of drug-likeness (QED) is 0.139. The minimum atomic E-state index is -1.14. The smallest absolute Gasteiger partial charge is 0.153 e. The van der Waals surface area contributed by atoms with Gasteiger partial charge in [0.1, 0.15) is 0 Å². The molecule has 0 aliphatic rings. The van der Waals surface area contributed by atoms with Crippen LogP contribution in [0.3, 0.4) is 0 Å². The maximum atomic E-state index is 12.6. The molecule has 2 heterocycles. The summed E-state index contributed by atoms with van der Waals surface area (Å²) in [5, 5.41) is 22.3. The van der Waals surface area contributed by atoms with Gasteiger partial charge < -0.3 is 19.6 Å². The van der Waals surface area contributed by atoms with Gasteiger partial charge in [0.05, 0.1) is 27.8 Å². The first-order chi connectivity index (χ1) is 24.4. The summed E-state index contributed by atoms with van der Waals surface area (Å²) in [6.45, 7) is 6.14. The van der Waals surface area contributed by atoms with E-state index in [0.29, 0.717) is 11.1 Å². The lowest BCUT2D eigenvalue weighted by Gasteiger charge is -2.23. The van der Waals surface area contributed by atoms with Crippen molar-refractivity contribution in [1.82, 2.24) is 9.13 Å². The molecule has 5 heteroatoms. The van der Waals surface area contributed by atoms with Gasteiger partial charge in [0, 0.05) is 44.0 Å². The Morgan fingerprint density at radius 1 is 0.620 bits per heavy atom. The van der Waals surface area contributed by atoms with Crippen molar-refractivity contribution in [1.29, 1.82) is 0 Å². The van der Waals surface area contributed by atoms with Crippen LogP contribution in [0.2, 0.25) is 0 Å². The number of carbonyl (C=O) groups is 1. The number of fused-ring (bicyclic) bond motifs is 8. The van der Waals surface area contributed by atoms with Crippen molar-refractivity contribution in [3.63, 3.8) is 0 Å². The lowest BCUT2D eigenvalue weighted by atomic mass is 10.0. The maximum absolute atomic E-state index is 12.6. The molecular formula is C45H35N3O2. The molecular weight excluding hydrogens is 615 g/mol. The summed E-state index contributed by atoms with van der Waals surface area (Å²) in [5.74, 6) is 0. The minimum Gasteiger partial charge on any atom is -0.369 e. The van der Waals surface area contributed by atoms with Crippen LogP contribution in [0, 0.1) is 20.8 Å². The first-order valence-electron chi connectivity index (χ1n) is 17.0. The average Bonchev–Trinajstić information content (AvgIpc) is 3.65. The fourth-order valence-electron chi connectivity index (χ4n) is 8.13. The van der Waals surface area contributed by atoms with E-state index in [4.69, 9.17) is 0 Å². The molecule has 242 valence electrons. The van der Waals surface area contributed by atoms with E-state index in [-0.39, 0.29) is 0 Å². The Kier molecular flexibility index (Phi) is 6.87. The molecule has 9 rings (SSSR count). The molecule has 1 unspecified atom stereocenters. The molecule has 0 saturated heterocycles. The lowest BCUT2D eigenvalue weighted by molar-refractivity contribution is 0.111. The number of aryl methyl sites for hydroxylation is 3. The Labute approximate surface area is 289 Å². The highest BCUT2D eigenvalue weighted by Crippen LogP contribution is 2.43. The third-order valence-corrected chi connectivity index (χ3v) is 10.2.